The van der Waals surface area contributed by atoms with E-state index in [0.29, 0.717) is 23.0 Å². The zero-order valence-corrected chi connectivity index (χ0v) is 15.1. The molecule has 4 nitrogen and oxygen atoms in total. The first-order valence-corrected chi connectivity index (χ1v) is 9.28. The molecule has 0 aliphatic carbocycles. The fourth-order valence-electron chi connectivity index (χ4n) is 3.65. The van der Waals surface area contributed by atoms with Crippen LogP contribution in [0.4, 0.5) is 11.4 Å². The first kappa shape index (κ1) is 16.5. The van der Waals surface area contributed by atoms with Gasteiger partial charge < -0.3 is 9.73 Å². The van der Waals surface area contributed by atoms with Crippen molar-refractivity contribution >= 4 is 28.1 Å². The van der Waals surface area contributed by atoms with E-state index in [1.807, 2.05) is 78.9 Å². The summed E-state index contributed by atoms with van der Waals surface area (Å²) in [4.78, 5) is 18.1. The normalized spacial score (nSPS) is 16.0. The summed E-state index contributed by atoms with van der Waals surface area (Å²) in [5, 5.41) is 4.10. The zero-order valence-electron chi connectivity index (χ0n) is 15.1. The molecule has 0 saturated carbocycles. The summed E-state index contributed by atoms with van der Waals surface area (Å²) >= 11 is 0. The second-order valence-electron chi connectivity index (χ2n) is 6.86. The van der Waals surface area contributed by atoms with Crippen LogP contribution in [0, 0.1) is 0 Å². The average molecular weight is 366 g/mol. The summed E-state index contributed by atoms with van der Waals surface area (Å²) in [5.41, 5.74) is 4.97. The van der Waals surface area contributed by atoms with Crippen LogP contribution in [0.2, 0.25) is 0 Å². The predicted molar refractivity (Wildman–Crippen MR) is 113 cm³/mol. The van der Waals surface area contributed by atoms with Crippen LogP contribution in [-0.2, 0) is 0 Å². The monoisotopic (exact) mass is 366 g/mol. The second kappa shape index (κ2) is 6.82. The molecule has 1 aliphatic rings. The lowest BCUT2D eigenvalue weighted by atomic mass is 9.97. The number of anilines is 1. The fraction of sp³-hybridized carbons (Fsp3) is 0.0833. The van der Waals surface area contributed by atoms with Gasteiger partial charge in [0.05, 0.1) is 34.1 Å². The molecular formula is C24H18N2O2. The molecule has 0 amide bonds. The summed E-state index contributed by atoms with van der Waals surface area (Å²) in [6.07, 6.45) is 2.17. The van der Waals surface area contributed by atoms with Crippen molar-refractivity contribution in [1.29, 1.82) is 0 Å². The summed E-state index contributed by atoms with van der Waals surface area (Å²) in [6, 6.07) is 25.1. The minimum Gasteiger partial charge on any atom is -0.464 e. The number of hydrogen-bond acceptors (Lipinski definition) is 4. The van der Waals surface area contributed by atoms with Crippen LogP contribution in [0.3, 0.4) is 0 Å². The van der Waals surface area contributed by atoms with Crippen LogP contribution in [0.25, 0.3) is 11.0 Å². The Kier molecular flexibility index (Phi) is 4.02. The zero-order chi connectivity index (χ0) is 18.9. The Bertz CT molecular complexity index is 1240. The Morgan fingerprint density at radius 3 is 2.54 bits per heavy atom. The third-order valence-corrected chi connectivity index (χ3v) is 5.08. The third-order valence-electron chi connectivity index (χ3n) is 5.08. The van der Waals surface area contributed by atoms with Crippen LogP contribution in [-0.4, -0.2) is 5.71 Å². The van der Waals surface area contributed by atoms with Crippen molar-refractivity contribution in [1.82, 2.24) is 0 Å². The van der Waals surface area contributed by atoms with Gasteiger partial charge in [0.2, 0.25) is 0 Å². The molecule has 4 aromatic rings. The van der Waals surface area contributed by atoms with E-state index >= 15 is 0 Å². The summed E-state index contributed by atoms with van der Waals surface area (Å²) < 4.78 is 5.77. The van der Waals surface area contributed by atoms with E-state index in [4.69, 9.17) is 9.41 Å². The minimum absolute atomic E-state index is 0.00820. The number of hydrogen-bond donors (Lipinski definition) is 1. The van der Waals surface area contributed by atoms with Gasteiger partial charge in [0.1, 0.15) is 11.8 Å². The Labute approximate surface area is 162 Å². The smallest absolute Gasteiger partial charge is 0.197 e. The van der Waals surface area contributed by atoms with Crippen molar-refractivity contribution in [2.75, 3.05) is 5.32 Å². The first-order valence-electron chi connectivity index (χ1n) is 9.28. The van der Waals surface area contributed by atoms with Crippen molar-refractivity contribution in [2.45, 2.75) is 12.5 Å². The largest absolute Gasteiger partial charge is 0.464 e. The van der Waals surface area contributed by atoms with Gasteiger partial charge in [-0.2, -0.15) is 0 Å². The Morgan fingerprint density at radius 1 is 0.893 bits per heavy atom. The van der Waals surface area contributed by atoms with E-state index in [0.717, 1.165) is 22.6 Å². The molecule has 1 atom stereocenters. The summed E-state index contributed by atoms with van der Waals surface area (Å²) in [6.45, 7) is 0. The molecule has 28 heavy (non-hydrogen) atoms. The highest BCUT2D eigenvalue weighted by Crippen LogP contribution is 2.34. The maximum atomic E-state index is 13.2. The molecule has 0 radical (unpaired) electrons. The van der Waals surface area contributed by atoms with Crippen molar-refractivity contribution < 1.29 is 4.42 Å². The first-order chi connectivity index (χ1) is 13.8. The third kappa shape index (κ3) is 2.89. The SMILES string of the molecule is O=c1c(C2CC(c3ccccc3)=Nc3ccccc3N2)coc2ccccc12. The lowest BCUT2D eigenvalue weighted by Gasteiger charge is -2.18. The van der Waals surface area contributed by atoms with E-state index in [9.17, 15) is 4.79 Å². The van der Waals surface area contributed by atoms with Crippen LogP contribution in [0.1, 0.15) is 23.6 Å². The van der Waals surface area contributed by atoms with Crippen LogP contribution in [0.5, 0.6) is 0 Å². The quantitative estimate of drug-likeness (QED) is 0.512. The number of aliphatic imine (C=N–C) groups is 1. The van der Waals surface area contributed by atoms with Crippen LogP contribution < -0.4 is 10.7 Å². The summed E-state index contributed by atoms with van der Waals surface area (Å²) in [5.74, 6) is 0. The Hall–Kier alpha value is -3.66. The van der Waals surface area contributed by atoms with Gasteiger partial charge in [-0.05, 0) is 29.8 Å². The van der Waals surface area contributed by atoms with Crippen molar-refractivity contribution in [2.24, 2.45) is 4.99 Å². The topological polar surface area (TPSA) is 54.6 Å². The Balaban J connectivity index is 1.66. The van der Waals surface area contributed by atoms with Crippen LogP contribution in [0.15, 0.2) is 99.3 Å². The van der Waals surface area contributed by atoms with E-state index in [1.165, 1.54) is 0 Å². The molecule has 4 heteroatoms. The molecule has 5 rings (SSSR count). The molecule has 0 fully saturated rings. The standard InChI is InChI=1S/C24H18N2O2/c27-24-17-10-4-7-13-23(17)28-15-18(24)22-14-21(16-8-2-1-3-9-16)25-19-11-5-6-12-20(19)26-22/h1-13,15,22,26H,14H2. The van der Waals surface area contributed by atoms with Crippen molar-refractivity contribution in [3.8, 4) is 0 Å². The van der Waals surface area contributed by atoms with Gasteiger partial charge in [-0.1, -0.05) is 54.6 Å². The van der Waals surface area contributed by atoms with Gasteiger partial charge in [0.25, 0.3) is 0 Å². The van der Waals surface area contributed by atoms with E-state index in [2.05, 4.69) is 5.32 Å². The summed E-state index contributed by atoms with van der Waals surface area (Å²) in [7, 11) is 0. The van der Waals surface area contributed by atoms with Gasteiger partial charge in [0.15, 0.2) is 5.43 Å². The maximum Gasteiger partial charge on any atom is 0.197 e. The highest BCUT2D eigenvalue weighted by atomic mass is 16.3. The van der Waals surface area contributed by atoms with E-state index < -0.39 is 0 Å². The van der Waals surface area contributed by atoms with Gasteiger partial charge in [-0.3, -0.25) is 9.79 Å². The number of nitrogens with one attached hydrogen (secondary N) is 1. The number of benzene rings is 3. The molecular weight excluding hydrogens is 348 g/mol. The number of nitrogens with zero attached hydrogens (tertiary/aromatic N) is 1. The average Bonchev–Trinajstić information content (AvgIpc) is 2.94. The maximum absolute atomic E-state index is 13.2. The molecule has 0 saturated heterocycles. The van der Waals surface area contributed by atoms with Crippen LogP contribution >= 0.6 is 0 Å². The van der Waals surface area contributed by atoms with Gasteiger partial charge >= 0.3 is 0 Å². The van der Waals surface area contributed by atoms with Gasteiger partial charge in [-0.25, -0.2) is 0 Å². The molecule has 1 N–H and O–H groups in total. The van der Waals surface area contributed by atoms with Gasteiger partial charge in [-0.15, -0.1) is 0 Å². The van der Waals surface area contributed by atoms with Crippen molar-refractivity contribution in [3.05, 3.63) is 106 Å². The van der Waals surface area contributed by atoms with Crippen molar-refractivity contribution in [3.63, 3.8) is 0 Å². The molecule has 136 valence electrons. The molecule has 0 bridgehead atoms. The Morgan fingerprint density at radius 2 is 1.64 bits per heavy atom. The second-order valence-corrected chi connectivity index (χ2v) is 6.86. The lowest BCUT2D eigenvalue weighted by Crippen LogP contribution is -2.21. The molecule has 1 aliphatic heterocycles. The number of para-hydroxylation sites is 3. The highest BCUT2D eigenvalue weighted by molar-refractivity contribution is 6.04. The minimum atomic E-state index is -0.233. The fourth-order valence-corrected chi connectivity index (χ4v) is 3.65. The molecule has 1 aromatic heterocycles. The number of fused-ring (bicyclic) bond motifs is 2. The van der Waals surface area contributed by atoms with Gasteiger partial charge in [0, 0.05) is 6.42 Å². The highest BCUT2D eigenvalue weighted by Gasteiger charge is 2.24. The van der Waals surface area contributed by atoms with E-state index in [-0.39, 0.29) is 11.5 Å². The molecule has 1 unspecified atom stereocenters. The molecule has 3 aromatic carbocycles. The molecule has 0 spiro atoms. The predicted octanol–water partition coefficient (Wildman–Crippen LogP) is 5.47. The molecule has 2 heterocycles. The number of rotatable bonds is 2. The van der Waals surface area contributed by atoms with E-state index in [1.54, 1.807) is 6.26 Å². The lowest BCUT2D eigenvalue weighted by molar-refractivity contribution is 0.584.